The highest BCUT2D eigenvalue weighted by atomic mass is 79.9. The van der Waals surface area contributed by atoms with Crippen molar-refractivity contribution in [2.75, 3.05) is 6.61 Å². The maximum atomic E-state index is 12.7. The van der Waals surface area contributed by atoms with Crippen molar-refractivity contribution in [3.8, 4) is 5.75 Å². The van der Waals surface area contributed by atoms with Crippen LogP contribution in [-0.2, 0) is 19.1 Å². The van der Waals surface area contributed by atoms with E-state index in [0.717, 1.165) is 6.42 Å². The minimum Gasteiger partial charge on any atom is -0.461 e. The monoisotopic (exact) mass is 566 g/mol. The number of carbonyl (C=O) groups is 4. The number of Topliss-reactive ketones (excluding diaryl/α,β-unsaturated/α-hetero) is 1. The SMILES string of the molecule is O=C(COC(=O)[C@@H]1[C@H]2C[C@H]3[C@H](OC(=O)[C@H]31)[C@@H]2Br)c1ccc(OC(=O)c2ccc(Cl)c(Cl)c2)cc1. The van der Waals surface area contributed by atoms with Crippen molar-refractivity contribution in [2.24, 2.45) is 23.7 Å². The van der Waals surface area contributed by atoms with Gasteiger partial charge in [0.1, 0.15) is 11.9 Å². The fourth-order valence-electron chi connectivity index (χ4n) is 5.11. The highest BCUT2D eigenvalue weighted by Gasteiger charge is 2.68. The molecule has 2 aromatic rings. The number of ketones is 1. The third-order valence-corrected chi connectivity index (χ3v) is 8.62. The summed E-state index contributed by atoms with van der Waals surface area (Å²) in [6.45, 7) is -0.451. The molecule has 1 aliphatic heterocycles. The van der Waals surface area contributed by atoms with Crippen LogP contribution in [0.5, 0.6) is 5.75 Å². The fourth-order valence-corrected chi connectivity index (χ4v) is 6.45. The zero-order chi connectivity index (χ0) is 24.1. The van der Waals surface area contributed by atoms with Gasteiger partial charge in [-0.1, -0.05) is 39.1 Å². The van der Waals surface area contributed by atoms with E-state index in [2.05, 4.69) is 15.9 Å². The Bertz CT molecular complexity index is 1200. The molecule has 2 bridgehead atoms. The van der Waals surface area contributed by atoms with Crippen molar-refractivity contribution in [3.05, 3.63) is 63.6 Å². The minimum atomic E-state index is -0.629. The first-order valence-electron chi connectivity index (χ1n) is 10.6. The number of rotatable bonds is 6. The Morgan fingerprint density at radius 1 is 1.00 bits per heavy atom. The van der Waals surface area contributed by atoms with Gasteiger partial charge in [0.25, 0.3) is 0 Å². The molecule has 1 saturated heterocycles. The van der Waals surface area contributed by atoms with Crippen LogP contribution in [0, 0.1) is 23.7 Å². The van der Waals surface area contributed by atoms with Crippen molar-refractivity contribution < 1.29 is 33.4 Å². The molecule has 5 rings (SSSR count). The van der Waals surface area contributed by atoms with Crippen LogP contribution in [0.3, 0.4) is 0 Å². The first-order valence-corrected chi connectivity index (χ1v) is 12.2. The predicted molar refractivity (Wildman–Crippen MR) is 124 cm³/mol. The molecule has 3 fully saturated rings. The minimum absolute atomic E-state index is 0.0225. The van der Waals surface area contributed by atoms with Gasteiger partial charge in [-0.05, 0) is 54.8 Å². The Morgan fingerprint density at radius 3 is 2.41 bits per heavy atom. The van der Waals surface area contributed by atoms with Gasteiger partial charge in [-0.15, -0.1) is 0 Å². The lowest BCUT2D eigenvalue weighted by Crippen LogP contribution is -2.39. The summed E-state index contributed by atoms with van der Waals surface area (Å²) in [4.78, 5) is 49.6. The van der Waals surface area contributed by atoms with Crippen molar-refractivity contribution in [1.82, 2.24) is 0 Å². The van der Waals surface area contributed by atoms with E-state index in [1.54, 1.807) is 0 Å². The topological polar surface area (TPSA) is 96.0 Å². The third kappa shape index (κ3) is 4.01. The molecule has 6 atom stereocenters. The normalized spacial score (nSPS) is 28.5. The first kappa shape index (κ1) is 23.3. The summed E-state index contributed by atoms with van der Waals surface area (Å²) in [5.74, 6) is -2.85. The molecule has 2 saturated carbocycles. The highest BCUT2D eigenvalue weighted by Crippen LogP contribution is 2.60. The number of fused-ring (bicyclic) bond motifs is 1. The lowest BCUT2D eigenvalue weighted by molar-refractivity contribution is -0.154. The maximum absolute atomic E-state index is 12.7. The molecule has 176 valence electrons. The van der Waals surface area contributed by atoms with E-state index in [4.69, 9.17) is 37.4 Å². The molecule has 2 aromatic carbocycles. The van der Waals surface area contributed by atoms with Crippen molar-refractivity contribution in [2.45, 2.75) is 17.4 Å². The van der Waals surface area contributed by atoms with Gasteiger partial charge in [-0.3, -0.25) is 14.4 Å². The molecule has 0 N–H and O–H groups in total. The van der Waals surface area contributed by atoms with Crippen LogP contribution in [-0.4, -0.2) is 41.2 Å². The Labute approximate surface area is 212 Å². The molecule has 0 spiro atoms. The predicted octanol–water partition coefficient (Wildman–Crippen LogP) is 4.51. The number of carbonyl (C=O) groups excluding carboxylic acids is 4. The van der Waals surface area contributed by atoms with E-state index in [-0.39, 0.29) is 50.6 Å². The molecule has 1 heterocycles. The second-order valence-electron chi connectivity index (χ2n) is 8.53. The number of hydrogen-bond acceptors (Lipinski definition) is 7. The second kappa shape index (κ2) is 8.98. The molecule has 0 aromatic heterocycles. The van der Waals surface area contributed by atoms with Crippen molar-refractivity contribution >= 4 is 62.8 Å². The molecular formula is C24H17BrCl2O7. The van der Waals surface area contributed by atoms with Gasteiger partial charge in [0, 0.05) is 11.5 Å². The smallest absolute Gasteiger partial charge is 0.343 e. The summed E-state index contributed by atoms with van der Waals surface area (Å²) in [6, 6.07) is 10.2. The lowest BCUT2D eigenvalue weighted by atomic mass is 9.80. The summed E-state index contributed by atoms with van der Waals surface area (Å²) >= 11 is 15.3. The van der Waals surface area contributed by atoms with Gasteiger partial charge in [0.05, 0.1) is 32.3 Å². The Balaban J connectivity index is 1.17. The van der Waals surface area contributed by atoms with Gasteiger partial charge in [0.15, 0.2) is 12.4 Å². The van der Waals surface area contributed by atoms with E-state index in [1.807, 2.05) is 0 Å². The zero-order valence-corrected chi connectivity index (χ0v) is 20.5. The van der Waals surface area contributed by atoms with Crippen LogP contribution in [0.1, 0.15) is 27.1 Å². The summed E-state index contributed by atoms with van der Waals surface area (Å²) in [5.41, 5.74) is 0.513. The van der Waals surface area contributed by atoms with Crippen molar-refractivity contribution in [3.63, 3.8) is 0 Å². The highest BCUT2D eigenvalue weighted by molar-refractivity contribution is 9.09. The van der Waals surface area contributed by atoms with Crippen LogP contribution >= 0.6 is 39.1 Å². The van der Waals surface area contributed by atoms with Crippen LogP contribution in [0.2, 0.25) is 10.0 Å². The summed E-state index contributed by atoms with van der Waals surface area (Å²) in [6.07, 6.45) is 0.546. The molecular weight excluding hydrogens is 551 g/mol. The average molecular weight is 568 g/mol. The zero-order valence-electron chi connectivity index (χ0n) is 17.4. The number of ether oxygens (including phenoxy) is 3. The first-order chi connectivity index (χ1) is 16.2. The molecule has 3 aliphatic rings. The fraction of sp³-hybridized carbons (Fsp3) is 0.333. The molecule has 10 heteroatoms. The van der Waals surface area contributed by atoms with E-state index >= 15 is 0 Å². The number of hydrogen-bond donors (Lipinski definition) is 0. The Kier molecular flexibility index (Phi) is 6.16. The van der Waals surface area contributed by atoms with E-state index in [9.17, 15) is 19.2 Å². The van der Waals surface area contributed by atoms with Gasteiger partial charge >= 0.3 is 17.9 Å². The largest absolute Gasteiger partial charge is 0.461 e. The van der Waals surface area contributed by atoms with Gasteiger partial charge in [0.2, 0.25) is 0 Å². The van der Waals surface area contributed by atoms with Crippen LogP contribution < -0.4 is 4.74 Å². The average Bonchev–Trinajstić information content (AvgIpc) is 3.44. The number of benzene rings is 2. The molecule has 0 amide bonds. The van der Waals surface area contributed by atoms with Crippen molar-refractivity contribution in [1.29, 1.82) is 0 Å². The maximum Gasteiger partial charge on any atom is 0.343 e. The molecule has 0 unspecified atom stereocenters. The summed E-state index contributed by atoms with van der Waals surface area (Å²) in [5, 5.41) is 0.551. The summed E-state index contributed by atoms with van der Waals surface area (Å²) < 4.78 is 16.0. The van der Waals surface area contributed by atoms with E-state index < -0.39 is 36.2 Å². The number of alkyl halides is 1. The number of esters is 3. The molecule has 7 nitrogen and oxygen atoms in total. The van der Waals surface area contributed by atoms with Crippen LogP contribution in [0.15, 0.2) is 42.5 Å². The Hall–Kier alpha value is -2.42. The van der Waals surface area contributed by atoms with Crippen LogP contribution in [0.4, 0.5) is 0 Å². The van der Waals surface area contributed by atoms with Gasteiger partial charge in [-0.2, -0.15) is 0 Å². The molecule has 2 aliphatic carbocycles. The Morgan fingerprint density at radius 2 is 1.71 bits per heavy atom. The van der Waals surface area contributed by atoms with Gasteiger partial charge < -0.3 is 14.2 Å². The second-order valence-corrected chi connectivity index (χ2v) is 10.4. The lowest BCUT2D eigenvalue weighted by Gasteiger charge is -2.26. The molecule has 0 radical (unpaired) electrons. The third-order valence-electron chi connectivity index (χ3n) is 6.68. The standard InChI is InChI=1S/C24H17BrCl2O7/c25-20-13-8-14-19(24(31)34-21(14)20)18(13)23(30)32-9-17(28)10-1-4-12(5-2-10)33-22(29)11-3-6-15(26)16(27)7-11/h1-7,13-14,18-21H,8-9H2/t13-,14-,18-,19-,20-,21+/m1/s1. The van der Waals surface area contributed by atoms with Gasteiger partial charge in [-0.25, -0.2) is 4.79 Å². The van der Waals surface area contributed by atoms with E-state index in [1.165, 1.54) is 42.5 Å². The van der Waals surface area contributed by atoms with Crippen LogP contribution in [0.25, 0.3) is 0 Å². The summed E-state index contributed by atoms with van der Waals surface area (Å²) in [7, 11) is 0. The van der Waals surface area contributed by atoms with E-state index in [0.29, 0.717) is 5.02 Å². The quantitative estimate of drug-likeness (QED) is 0.219. The number of halogens is 3. The molecule has 34 heavy (non-hydrogen) atoms.